The van der Waals surface area contributed by atoms with Crippen LogP contribution in [0.5, 0.6) is 0 Å². The van der Waals surface area contributed by atoms with Crippen molar-refractivity contribution in [2.45, 2.75) is 6.18 Å². The van der Waals surface area contributed by atoms with Gasteiger partial charge in [-0.25, -0.2) is 14.3 Å². The molecule has 1 aromatic heterocycles. The van der Waals surface area contributed by atoms with Crippen molar-refractivity contribution in [3.63, 3.8) is 0 Å². The minimum Gasteiger partial charge on any atom is -0.383 e. The molecule has 2 aromatic rings. The number of esters is 2. The highest BCUT2D eigenvalue weighted by atomic mass is 19.4. The fraction of sp³-hybridized carbons (Fsp3) is 0.0909. The number of fused-ring (bicyclic) bond motifs is 1. The third-order valence-corrected chi connectivity index (χ3v) is 2.68. The Labute approximate surface area is 108 Å². The summed E-state index contributed by atoms with van der Waals surface area (Å²) in [5.41, 5.74) is -2.21. The molecule has 1 aromatic carbocycles. The molecule has 6 nitrogen and oxygen atoms in total. The molecule has 9 heteroatoms. The van der Waals surface area contributed by atoms with Crippen molar-refractivity contribution in [1.82, 2.24) is 15.0 Å². The van der Waals surface area contributed by atoms with Gasteiger partial charge in [-0.3, -0.25) is 0 Å². The molecular weight excluding hydrogens is 279 g/mol. The standard InChI is InChI=1S/C11H4F3N3O3/c12-11(13,14)5-3-1-2-4-6(5)17-8-7(15-16-17)9(18)20-10(8)19/h1-4H. The van der Waals surface area contributed by atoms with E-state index in [-0.39, 0.29) is 0 Å². The lowest BCUT2D eigenvalue weighted by Crippen LogP contribution is -2.14. The van der Waals surface area contributed by atoms with E-state index in [1.807, 2.05) is 0 Å². The van der Waals surface area contributed by atoms with E-state index in [0.29, 0.717) is 4.68 Å². The lowest BCUT2D eigenvalue weighted by molar-refractivity contribution is -0.137. The quantitative estimate of drug-likeness (QED) is 0.587. The zero-order valence-electron chi connectivity index (χ0n) is 9.51. The first kappa shape index (κ1) is 12.3. The maximum Gasteiger partial charge on any atom is 0.418 e. The molecule has 2 heterocycles. The number of para-hydroxylation sites is 1. The van der Waals surface area contributed by atoms with Crippen LogP contribution in [-0.2, 0) is 10.9 Å². The topological polar surface area (TPSA) is 74.1 Å². The van der Waals surface area contributed by atoms with E-state index in [1.165, 1.54) is 12.1 Å². The molecule has 0 fully saturated rings. The fourth-order valence-corrected chi connectivity index (χ4v) is 1.85. The molecule has 0 spiro atoms. The minimum absolute atomic E-state index is 0.396. The number of rotatable bonds is 1. The molecule has 0 saturated carbocycles. The van der Waals surface area contributed by atoms with Crippen molar-refractivity contribution < 1.29 is 27.5 Å². The van der Waals surface area contributed by atoms with Crippen LogP contribution in [-0.4, -0.2) is 26.9 Å². The number of halogens is 3. The van der Waals surface area contributed by atoms with Crippen molar-refractivity contribution >= 4 is 11.9 Å². The number of alkyl halides is 3. The number of carbonyl (C=O) groups is 2. The van der Waals surface area contributed by atoms with Crippen LogP contribution in [0.1, 0.15) is 26.5 Å². The van der Waals surface area contributed by atoms with Gasteiger partial charge < -0.3 is 4.74 Å². The zero-order valence-corrected chi connectivity index (χ0v) is 9.51. The van der Waals surface area contributed by atoms with Crippen LogP contribution in [0.25, 0.3) is 5.69 Å². The van der Waals surface area contributed by atoms with Crippen molar-refractivity contribution in [3.8, 4) is 5.69 Å². The molecule has 0 N–H and O–H groups in total. The number of carbonyl (C=O) groups excluding carboxylic acids is 2. The summed E-state index contributed by atoms with van der Waals surface area (Å²) in [7, 11) is 0. The molecule has 0 amide bonds. The SMILES string of the molecule is O=C1OC(=O)c2c1nnn2-c1ccccc1C(F)(F)F. The third-order valence-electron chi connectivity index (χ3n) is 2.68. The van der Waals surface area contributed by atoms with E-state index < -0.39 is 40.8 Å². The van der Waals surface area contributed by atoms with Crippen molar-refractivity contribution in [1.29, 1.82) is 0 Å². The third kappa shape index (κ3) is 1.67. The molecule has 1 aliphatic heterocycles. The first-order valence-corrected chi connectivity index (χ1v) is 5.28. The maximum atomic E-state index is 12.9. The molecular formula is C11H4F3N3O3. The molecule has 0 bridgehead atoms. The number of cyclic esters (lactones) is 2. The first-order valence-electron chi connectivity index (χ1n) is 5.28. The minimum atomic E-state index is -4.64. The number of ether oxygens (including phenoxy) is 1. The number of benzene rings is 1. The van der Waals surface area contributed by atoms with E-state index in [4.69, 9.17) is 0 Å². The van der Waals surface area contributed by atoms with Gasteiger partial charge in [-0.15, -0.1) is 5.10 Å². The second-order valence-electron chi connectivity index (χ2n) is 3.89. The summed E-state index contributed by atoms with van der Waals surface area (Å²) in [6.07, 6.45) is -4.64. The molecule has 0 aliphatic carbocycles. The predicted octanol–water partition coefficient (Wildman–Crippen LogP) is 1.60. The summed E-state index contributed by atoms with van der Waals surface area (Å²) < 4.78 is 43.7. The van der Waals surface area contributed by atoms with Crippen LogP contribution in [0.15, 0.2) is 24.3 Å². The first-order chi connectivity index (χ1) is 9.39. The van der Waals surface area contributed by atoms with Gasteiger partial charge in [0.25, 0.3) is 0 Å². The lowest BCUT2D eigenvalue weighted by Gasteiger charge is -2.12. The van der Waals surface area contributed by atoms with Crippen LogP contribution in [0.2, 0.25) is 0 Å². The van der Waals surface area contributed by atoms with Gasteiger partial charge in [-0.2, -0.15) is 13.2 Å². The Balaban J connectivity index is 2.25. The summed E-state index contributed by atoms with van der Waals surface area (Å²) >= 11 is 0. The number of aromatic nitrogens is 3. The smallest absolute Gasteiger partial charge is 0.383 e. The highest BCUT2D eigenvalue weighted by molar-refractivity contribution is 6.12. The van der Waals surface area contributed by atoms with Gasteiger partial charge in [-0.05, 0) is 12.1 Å². The van der Waals surface area contributed by atoms with Gasteiger partial charge in [0.2, 0.25) is 5.69 Å². The van der Waals surface area contributed by atoms with E-state index in [2.05, 4.69) is 15.0 Å². The Morgan fingerprint density at radius 2 is 1.80 bits per heavy atom. The summed E-state index contributed by atoms with van der Waals surface area (Å²) in [4.78, 5) is 22.7. The number of hydrogen-bond donors (Lipinski definition) is 0. The summed E-state index contributed by atoms with van der Waals surface area (Å²) in [5.74, 6) is -2.10. The second kappa shape index (κ2) is 3.89. The van der Waals surface area contributed by atoms with E-state index >= 15 is 0 Å². The Morgan fingerprint density at radius 3 is 2.50 bits per heavy atom. The lowest BCUT2D eigenvalue weighted by atomic mass is 10.1. The predicted molar refractivity (Wildman–Crippen MR) is 56.1 cm³/mol. The fourth-order valence-electron chi connectivity index (χ4n) is 1.85. The molecule has 20 heavy (non-hydrogen) atoms. The van der Waals surface area contributed by atoms with Gasteiger partial charge in [0, 0.05) is 0 Å². The largest absolute Gasteiger partial charge is 0.418 e. The molecule has 3 rings (SSSR count). The second-order valence-corrected chi connectivity index (χ2v) is 3.89. The van der Waals surface area contributed by atoms with Crippen molar-refractivity contribution in [2.24, 2.45) is 0 Å². The van der Waals surface area contributed by atoms with Crippen molar-refractivity contribution in [2.75, 3.05) is 0 Å². The van der Waals surface area contributed by atoms with Crippen LogP contribution >= 0.6 is 0 Å². The molecule has 1 aliphatic rings. The molecule has 102 valence electrons. The summed E-state index contributed by atoms with van der Waals surface area (Å²) in [5, 5.41) is 6.81. The maximum absolute atomic E-state index is 12.9. The Morgan fingerprint density at radius 1 is 1.10 bits per heavy atom. The monoisotopic (exact) mass is 283 g/mol. The normalized spacial score (nSPS) is 14.3. The van der Waals surface area contributed by atoms with E-state index in [9.17, 15) is 22.8 Å². The number of nitrogens with zero attached hydrogens (tertiary/aromatic N) is 3. The zero-order chi connectivity index (χ0) is 14.5. The van der Waals surface area contributed by atoms with Gasteiger partial charge >= 0.3 is 18.1 Å². The average Bonchev–Trinajstić information content (AvgIpc) is 2.92. The highest BCUT2D eigenvalue weighted by Gasteiger charge is 2.40. The van der Waals surface area contributed by atoms with Gasteiger partial charge in [-0.1, -0.05) is 17.3 Å². The average molecular weight is 283 g/mol. The summed E-state index contributed by atoms with van der Waals surface area (Å²) in [6, 6.07) is 4.51. The van der Waals surface area contributed by atoms with Crippen molar-refractivity contribution in [3.05, 3.63) is 41.2 Å². The molecule has 0 unspecified atom stereocenters. The van der Waals surface area contributed by atoms with Crippen LogP contribution < -0.4 is 0 Å². The molecule has 0 atom stereocenters. The molecule has 0 radical (unpaired) electrons. The van der Waals surface area contributed by atoms with E-state index in [1.54, 1.807) is 0 Å². The summed E-state index contributed by atoms with van der Waals surface area (Å²) in [6.45, 7) is 0. The van der Waals surface area contributed by atoms with Crippen LogP contribution in [0.3, 0.4) is 0 Å². The Hall–Kier alpha value is -2.71. The van der Waals surface area contributed by atoms with Gasteiger partial charge in [0.15, 0.2) is 5.69 Å². The highest BCUT2D eigenvalue weighted by Crippen LogP contribution is 2.34. The Bertz CT molecular complexity index is 736. The van der Waals surface area contributed by atoms with E-state index in [0.717, 1.165) is 12.1 Å². The van der Waals surface area contributed by atoms with Gasteiger partial charge in [0.1, 0.15) is 0 Å². The van der Waals surface area contributed by atoms with Gasteiger partial charge in [0.05, 0.1) is 11.3 Å². The van der Waals surface area contributed by atoms with Crippen LogP contribution in [0.4, 0.5) is 13.2 Å². The molecule has 0 saturated heterocycles. The number of hydrogen-bond acceptors (Lipinski definition) is 5. The Kier molecular flexibility index (Phi) is 2.40. The van der Waals surface area contributed by atoms with Crippen LogP contribution in [0, 0.1) is 0 Å².